The molecule has 0 spiro atoms. The zero-order valence-electron chi connectivity index (χ0n) is 24.9. The number of anilines is 1. The molecular weight excluding hydrogens is 548 g/mol. The van der Waals surface area contributed by atoms with E-state index in [-0.39, 0.29) is 0 Å². The molecule has 1 fully saturated rings. The van der Waals surface area contributed by atoms with Gasteiger partial charge in [-0.15, -0.1) is 0 Å². The molecule has 0 aliphatic carbocycles. The predicted molar refractivity (Wildman–Crippen MR) is 177 cm³/mol. The summed E-state index contributed by atoms with van der Waals surface area (Å²) in [5.74, 6) is 0.897. The second-order valence-electron chi connectivity index (χ2n) is 11.6. The quantitative estimate of drug-likeness (QED) is 0.235. The van der Waals surface area contributed by atoms with Gasteiger partial charge >= 0.3 is 11.1 Å². The number of hydrogen-bond acceptors (Lipinski definition) is 5. The minimum Gasteiger partial charge on any atom is -0.367 e. The van der Waals surface area contributed by atoms with Gasteiger partial charge in [0.2, 0.25) is 0 Å². The molecular formula is C36H36N6O2. The second-order valence-corrected chi connectivity index (χ2v) is 11.6. The molecule has 222 valence electrons. The van der Waals surface area contributed by atoms with Gasteiger partial charge in [-0.2, -0.15) is 0 Å². The van der Waals surface area contributed by atoms with E-state index in [9.17, 15) is 9.59 Å². The van der Waals surface area contributed by atoms with Crippen LogP contribution >= 0.6 is 0 Å². The molecule has 2 aromatic heterocycles. The summed E-state index contributed by atoms with van der Waals surface area (Å²) in [6.07, 6.45) is 1.71. The number of imidazole rings is 1. The van der Waals surface area contributed by atoms with Gasteiger partial charge in [-0.3, -0.25) is 14.5 Å². The Morgan fingerprint density at radius 3 is 2.32 bits per heavy atom. The summed E-state index contributed by atoms with van der Waals surface area (Å²) >= 11 is 0. The fourth-order valence-electron chi connectivity index (χ4n) is 6.25. The highest BCUT2D eigenvalue weighted by Gasteiger charge is 2.21. The third-order valence-electron chi connectivity index (χ3n) is 8.76. The number of H-pyrrole nitrogens is 2. The molecule has 0 atom stereocenters. The number of aromatic nitrogens is 4. The van der Waals surface area contributed by atoms with Crippen LogP contribution in [0.3, 0.4) is 0 Å². The summed E-state index contributed by atoms with van der Waals surface area (Å²) in [5, 5.41) is 0. The van der Waals surface area contributed by atoms with Crippen LogP contribution < -0.4 is 16.0 Å². The molecule has 7 rings (SSSR count). The van der Waals surface area contributed by atoms with Gasteiger partial charge in [0.05, 0.1) is 27.8 Å². The van der Waals surface area contributed by atoms with Crippen molar-refractivity contribution in [1.82, 2.24) is 24.4 Å². The fourth-order valence-corrected chi connectivity index (χ4v) is 6.25. The second kappa shape index (κ2) is 12.0. The first-order valence-corrected chi connectivity index (χ1v) is 15.4. The number of hydrogen-bond donors (Lipinski definition) is 2. The maximum absolute atomic E-state index is 12.7. The van der Waals surface area contributed by atoms with E-state index in [1.54, 1.807) is 4.57 Å². The molecule has 8 nitrogen and oxygen atoms in total. The number of aryl methyl sites for hydroxylation is 3. The van der Waals surface area contributed by atoms with E-state index in [0.717, 1.165) is 78.2 Å². The van der Waals surface area contributed by atoms with Crippen LogP contribution in [0, 0.1) is 0 Å². The van der Waals surface area contributed by atoms with E-state index in [0.29, 0.717) is 18.5 Å². The van der Waals surface area contributed by atoms with E-state index < -0.39 is 11.1 Å². The highest BCUT2D eigenvalue weighted by atomic mass is 16.2. The Morgan fingerprint density at radius 1 is 0.773 bits per heavy atom. The number of aromatic amines is 2. The van der Waals surface area contributed by atoms with Gasteiger partial charge in [-0.1, -0.05) is 73.7 Å². The molecule has 0 radical (unpaired) electrons. The number of nitrogens with one attached hydrogen (secondary N) is 2. The molecule has 44 heavy (non-hydrogen) atoms. The van der Waals surface area contributed by atoms with Crippen LogP contribution in [-0.4, -0.2) is 50.6 Å². The van der Waals surface area contributed by atoms with Crippen LogP contribution in [0.1, 0.15) is 23.6 Å². The van der Waals surface area contributed by atoms with Crippen LogP contribution in [0.5, 0.6) is 0 Å². The molecule has 0 amide bonds. The Bertz CT molecular complexity index is 2030. The van der Waals surface area contributed by atoms with E-state index in [2.05, 4.69) is 75.2 Å². The van der Waals surface area contributed by atoms with E-state index in [1.165, 1.54) is 11.3 Å². The SMILES string of the molecule is CCc1ccc(-c2nc3cccc(N4CCN(Cc5ccc6c(c5)[nH]c(=O)c(=O)n6CCc5ccccc5)CC4)c3[nH]2)cc1. The maximum Gasteiger partial charge on any atom is 0.316 e. The molecule has 1 saturated heterocycles. The van der Waals surface area contributed by atoms with Crippen molar-refractivity contribution >= 4 is 27.8 Å². The highest BCUT2D eigenvalue weighted by Crippen LogP contribution is 2.29. The van der Waals surface area contributed by atoms with Crippen molar-refractivity contribution < 1.29 is 0 Å². The smallest absolute Gasteiger partial charge is 0.316 e. The molecule has 0 unspecified atom stereocenters. The van der Waals surface area contributed by atoms with Crippen molar-refractivity contribution in [3.8, 4) is 11.4 Å². The number of para-hydroxylation sites is 1. The third kappa shape index (κ3) is 5.56. The Labute approximate surface area is 255 Å². The summed E-state index contributed by atoms with van der Waals surface area (Å²) in [4.78, 5) is 41.4. The molecule has 8 heteroatoms. The van der Waals surface area contributed by atoms with Crippen molar-refractivity contribution in [3.05, 3.63) is 128 Å². The maximum atomic E-state index is 12.7. The number of rotatable bonds is 8. The van der Waals surface area contributed by atoms with Gasteiger partial charge in [0.25, 0.3) is 0 Å². The van der Waals surface area contributed by atoms with E-state index in [1.807, 2.05) is 42.5 Å². The van der Waals surface area contributed by atoms with Gasteiger partial charge in [0.1, 0.15) is 5.82 Å². The standard InChI is InChI=1S/C36H36N6O2/c1-2-25-11-14-28(15-12-25)34-37-29-9-6-10-32(33(29)39-34)41-21-19-40(20-22-41)24-27-13-16-31-30(23-27)38-35(43)36(44)42(31)18-17-26-7-4-3-5-8-26/h3-16,23H,2,17-22,24H2,1H3,(H,37,39)(H,38,43). The summed E-state index contributed by atoms with van der Waals surface area (Å²) < 4.78 is 1.60. The number of fused-ring (bicyclic) bond motifs is 2. The van der Waals surface area contributed by atoms with Crippen molar-refractivity contribution in [2.24, 2.45) is 0 Å². The monoisotopic (exact) mass is 584 g/mol. The molecule has 0 saturated carbocycles. The average Bonchev–Trinajstić information content (AvgIpc) is 3.51. The van der Waals surface area contributed by atoms with Crippen LogP contribution in [0.2, 0.25) is 0 Å². The summed E-state index contributed by atoms with van der Waals surface area (Å²) in [5.41, 5.74) is 8.27. The van der Waals surface area contributed by atoms with Crippen molar-refractivity contribution in [2.75, 3.05) is 31.1 Å². The third-order valence-corrected chi connectivity index (χ3v) is 8.76. The zero-order chi connectivity index (χ0) is 30.0. The summed E-state index contributed by atoms with van der Waals surface area (Å²) in [7, 11) is 0. The van der Waals surface area contributed by atoms with Crippen LogP contribution in [0.25, 0.3) is 33.5 Å². The molecule has 0 bridgehead atoms. The topological polar surface area (TPSA) is 90.0 Å². The molecule has 2 N–H and O–H groups in total. The number of benzene rings is 4. The van der Waals surface area contributed by atoms with Crippen molar-refractivity contribution in [1.29, 1.82) is 0 Å². The van der Waals surface area contributed by atoms with E-state index in [4.69, 9.17) is 4.98 Å². The Morgan fingerprint density at radius 2 is 1.55 bits per heavy atom. The van der Waals surface area contributed by atoms with Gasteiger partial charge < -0.3 is 19.4 Å². The fraction of sp³-hybridized carbons (Fsp3) is 0.250. The lowest BCUT2D eigenvalue weighted by atomic mass is 10.1. The lowest BCUT2D eigenvalue weighted by molar-refractivity contribution is 0.250. The lowest BCUT2D eigenvalue weighted by Gasteiger charge is -2.36. The lowest BCUT2D eigenvalue weighted by Crippen LogP contribution is -2.46. The average molecular weight is 585 g/mol. The Balaban J connectivity index is 1.05. The minimum absolute atomic E-state index is 0.459. The molecule has 4 aromatic carbocycles. The zero-order valence-corrected chi connectivity index (χ0v) is 24.9. The first kappa shape index (κ1) is 27.9. The van der Waals surface area contributed by atoms with Crippen molar-refractivity contribution in [3.63, 3.8) is 0 Å². The first-order valence-electron chi connectivity index (χ1n) is 15.4. The minimum atomic E-state index is -0.578. The Hall–Kier alpha value is -4.95. The molecule has 1 aliphatic heterocycles. The number of piperazine rings is 1. The van der Waals surface area contributed by atoms with Gasteiger partial charge in [0, 0.05) is 44.8 Å². The predicted octanol–water partition coefficient (Wildman–Crippen LogP) is 5.36. The molecule has 1 aliphatic rings. The van der Waals surface area contributed by atoms with Crippen molar-refractivity contribution in [2.45, 2.75) is 32.9 Å². The van der Waals surface area contributed by atoms with Gasteiger partial charge in [0.15, 0.2) is 0 Å². The largest absolute Gasteiger partial charge is 0.367 e. The number of nitrogens with zero attached hydrogens (tertiary/aromatic N) is 4. The molecule has 6 aromatic rings. The van der Waals surface area contributed by atoms with Gasteiger partial charge in [-0.25, -0.2) is 4.98 Å². The first-order chi connectivity index (χ1) is 21.6. The summed E-state index contributed by atoms with van der Waals surface area (Å²) in [6, 6.07) is 31.0. The van der Waals surface area contributed by atoms with E-state index >= 15 is 0 Å². The summed E-state index contributed by atoms with van der Waals surface area (Å²) in [6.45, 7) is 7.05. The highest BCUT2D eigenvalue weighted by molar-refractivity contribution is 5.91. The van der Waals surface area contributed by atoms with Gasteiger partial charge in [-0.05, 0) is 53.8 Å². The normalized spacial score (nSPS) is 14.1. The van der Waals surface area contributed by atoms with Crippen LogP contribution in [0.4, 0.5) is 5.69 Å². The molecule has 3 heterocycles. The van der Waals surface area contributed by atoms with Crippen LogP contribution in [0.15, 0.2) is 101 Å². The Kier molecular flexibility index (Phi) is 7.58. The van der Waals surface area contributed by atoms with Crippen LogP contribution in [-0.2, 0) is 25.9 Å².